The molecule has 2 aromatic carbocycles. The number of halogens is 1. The van der Waals surface area contributed by atoms with Gasteiger partial charge in [0.2, 0.25) is 0 Å². The number of hydrogen-bond donors (Lipinski definition) is 1. The Labute approximate surface area is 156 Å². The lowest BCUT2D eigenvalue weighted by atomic mass is 10.2. The molecular weight excluding hydrogens is 372 g/mol. The first-order valence-corrected chi connectivity index (χ1v) is 9.57. The van der Waals surface area contributed by atoms with Crippen molar-refractivity contribution in [3.8, 4) is 0 Å². The number of aromatic nitrogens is 1. The molecule has 3 rings (SSSR count). The van der Waals surface area contributed by atoms with Crippen molar-refractivity contribution in [2.75, 3.05) is 0 Å². The molecule has 0 spiro atoms. The number of amides is 1. The topological polar surface area (TPSA) is 76.1 Å². The molecule has 1 amide bonds. The second kappa shape index (κ2) is 7.27. The number of pyridine rings is 1. The molecule has 1 aromatic heterocycles. The van der Waals surface area contributed by atoms with Crippen molar-refractivity contribution in [2.45, 2.75) is 11.8 Å². The van der Waals surface area contributed by atoms with E-state index in [1.807, 2.05) is 17.7 Å². The molecule has 7 heteroatoms. The first-order chi connectivity index (χ1) is 12.3. The lowest BCUT2D eigenvalue weighted by molar-refractivity contribution is -0.114. The molecule has 0 radical (unpaired) electrons. The fourth-order valence-corrected chi connectivity index (χ4v) is 3.68. The van der Waals surface area contributed by atoms with Crippen LogP contribution in [0.25, 0.3) is 17.0 Å². The molecule has 1 heterocycles. The molecule has 0 unspecified atom stereocenters. The van der Waals surface area contributed by atoms with Gasteiger partial charge in [-0.2, -0.15) is 0 Å². The monoisotopic (exact) mass is 386 g/mol. The standard InChI is InChI=1S/C19H15ClN2O3S/c1-13-11-15-3-2-4-17(19(15)21-12-13)26(24,25)22-18(23)10-7-14-5-8-16(20)9-6-14/h2-12H,1H3,(H,22,23)/b10-7+. The first-order valence-electron chi connectivity index (χ1n) is 7.71. The molecule has 3 aromatic rings. The van der Waals surface area contributed by atoms with E-state index in [4.69, 9.17) is 11.6 Å². The average Bonchev–Trinajstić information content (AvgIpc) is 2.60. The minimum Gasteiger partial charge on any atom is -0.269 e. The number of nitrogens with zero attached hydrogens (tertiary/aromatic N) is 1. The van der Waals surface area contributed by atoms with Crippen LogP contribution in [0.1, 0.15) is 11.1 Å². The molecule has 0 saturated heterocycles. The van der Waals surface area contributed by atoms with Crippen LogP contribution in [0.2, 0.25) is 5.02 Å². The normalized spacial score (nSPS) is 11.8. The highest BCUT2D eigenvalue weighted by Gasteiger charge is 2.20. The van der Waals surface area contributed by atoms with Crippen molar-refractivity contribution in [3.05, 3.63) is 77.0 Å². The number of para-hydroxylation sites is 1. The van der Waals surface area contributed by atoms with E-state index in [0.29, 0.717) is 15.9 Å². The summed E-state index contributed by atoms with van der Waals surface area (Å²) in [7, 11) is -4.04. The van der Waals surface area contributed by atoms with Crippen LogP contribution >= 0.6 is 11.6 Å². The smallest absolute Gasteiger partial charge is 0.266 e. The Morgan fingerprint density at radius 2 is 1.88 bits per heavy atom. The summed E-state index contributed by atoms with van der Waals surface area (Å²) in [5.74, 6) is -0.746. The van der Waals surface area contributed by atoms with Gasteiger partial charge in [0.1, 0.15) is 4.90 Å². The predicted molar refractivity (Wildman–Crippen MR) is 102 cm³/mol. The van der Waals surface area contributed by atoms with Crippen LogP contribution in [0.3, 0.4) is 0 Å². The molecular formula is C19H15ClN2O3S. The summed E-state index contributed by atoms with van der Waals surface area (Å²) in [5.41, 5.74) is 1.96. The summed E-state index contributed by atoms with van der Waals surface area (Å²) in [6, 6.07) is 13.4. The van der Waals surface area contributed by atoms with Gasteiger partial charge in [-0.3, -0.25) is 9.78 Å². The summed E-state index contributed by atoms with van der Waals surface area (Å²) >= 11 is 5.80. The molecule has 0 aliphatic carbocycles. The first kappa shape index (κ1) is 18.1. The second-order valence-corrected chi connectivity index (χ2v) is 7.78. The van der Waals surface area contributed by atoms with Gasteiger partial charge in [0, 0.05) is 22.7 Å². The molecule has 0 atom stereocenters. The van der Waals surface area contributed by atoms with Crippen LogP contribution in [0.5, 0.6) is 0 Å². The number of benzene rings is 2. The van der Waals surface area contributed by atoms with Crippen molar-refractivity contribution in [1.29, 1.82) is 0 Å². The number of rotatable bonds is 4. The lowest BCUT2D eigenvalue weighted by Crippen LogP contribution is -2.29. The van der Waals surface area contributed by atoms with E-state index in [9.17, 15) is 13.2 Å². The zero-order chi connectivity index (χ0) is 18.7. The van der Waals surface area contributed by atoms with Gasteiger partial charge >= 0.3 is 0 Å². The van der Waals surface area contributed by atoms with E-state index in [2.05, 4.69) is 4.98 Å². The lowest BCUT2D eigenvalue weighted by Gasteiger charge is -2.08. The van der Waals surface area contributed by atoms with E-state index in [1.54, 1.807) is 42.6 Å². The van der Waals surface area contributed by atoms with Gasteiger partial charge in [-0.05, 0) is 48.4 Å². The zero-order valence-corrected chi connectivity index (χ0v) is 15.4. The maximum absolute atomic E-state index is 12.6. The van der Waals surface area contributed by atoms with Crippen molar-refractivity contribution >= 4 is 44.5 Å². The minimum absolute atomic E-state index is 0.0387. The summed E-state index contributed by atoms with van der Waals surface area (Å²) in [4.78, 5) is 16.2. The highest BCUT2D eigenvalue weighted by molar-refractivity contribution is 7.90. The molecule has 0 aliphatic rings. The molecule has 0 aliphatic heterocycles. The number of aryl methyl sites for hydroxylation is 1. The number of carbonyl (C=O) groups is 1. The third-order valence-electron chi connectivity index (χ3n) is 3.63. The Kier molecular flexibility index (Phi) is 5.06. The van der Waals surface area contributed by atoms with Crippen molar-refractivity contribution in [2.24, 2.45) is 0 Å². The van der Waals surface area contributed by atoms with Crippen LogP contribution in [-0.4, -0.2) is 19.3 Å². The van der Waals surface area contributed by atoms with Crippen LogP contribution < -0.4 is 4.72 Å². The largest absolute Gasteiger partial charge is 0.269 e. The molecule has 0 saturated carbocycles. The fourth-order valence-electron chi connectivity index (χ4n) is 2.43. The van der Waals surface area contributed by atoms with Crippen LogP contribution in [0, 0.1) is 6.92 Å². The minimum atomic E-state index is -4.04. The molecule has 26 heavy (non-hydrogen) atoms. The Balaban J connectivity index is 1.85. The maximum Gasteiger partial charge on any atom is 0.266 e. The Hall–Kier alpha value is -2.70. The van der Waals surface area contributed by atoms with Crippen molar-refractivity contribution in [1.82, 2.24) is 9.71 Å². The van der Waals surface area contributed by atoms with E-state index in [0.717, 1.165) is 17.2 Å². The third kappa shape index (κ3) is 4.09. The van der Waals surface area contributed by atoms with Crippen molar-refractivity contribution < 1.29 is 13.2 Å². The van der Waals surface area contributed by atoms with E-state index >= 15 is 0 Å². The van der Waals surface area contributed by atoms with E-state index in [1.165, 1.54) is 12.1 Å². The van der Waals surface area contributed by atoms with Crippen molar-refractivity contribution in [3.63, 3.8) is 0 Å². The van der Waals surface area contributed by atoms with Gasteiger partial charge in [0.05, 0.1) is 5.52 Å². The van der Waals surface area contributed by atoms with Gasteiger partial charge in [0.15, 0.2) is 0 Å². The Morgan fingerprint density at radius 1 is 1.15 bits per heavy atom. The number of sulfonamides is 1. The highest BCUT2D eigenvalue weighted by atomic mass is 35.5. The SMILES string of the molecule is Cc1cnc2c(S(=O)(=O)NC(=O)/C=C/c3ccc(Cl)cc3)cccc2c1. The molecule has 0 bridgehead atoms. The maximum atomic E-state index is 12.6. The van der Waals surface area contributed by atoms with Crippen LogP contribution in [0.4, 0.5) is 0 Å². The van der Waals surface area contributed by atoms with E-state index < -0.39 is 15.9 Å². The predicted octanol–water partition coefficient (Wildman–Crippen LogP) is 3.71. The number of nitrogens with one attached hydrogen (secondary N) is 1. The number of carbonyl (C=O) groups excluding carboxylic acids is 1. The zero-order valence-electron chi connectivity index (χ0n) is 13.8. The number of hydrogen-bond acceptors (Lipinski definition) is 4. The van der Waals surface area contributed by atoms with Gasteiger partial charge in [-0.1, -0.05) is 35.9 Å². The Bertz CT molecular complexity index is 1110. The van der Waals surface area contributed by atoms with Gasteiger partial charge < -0.3 is 0 Å². The quantitative estimate of drug-likeness (QED) is 0.693. The highest BCUT2D eigenvalue weighted by Crippen LogP contribution is 2.21. The molecule has 0 fully saturated rings. The second-order valence-electron chi connectivity index (χ2n) is 5.70. The van der Waals surface area contributed by atoms with Gasteiger partial charge in [-0.15, -0.1) is 0 Å². The summed E-state index contributed by atoms with van der Waals surface area (Å²) in [6.07, 6.45) is 4.25. The Morgan fingerprint density at radius 3 is 2.62 bits per heavy atom. The van der Waals surface area contributed by atoms with Gasteiger partial charge in [0.25, 0.3) is 15.9 Å². The van der Waals surface area contributed by atoms with Crippen LogP contribution in [-0.2, 0) is 14.8 Å². The van der Waals surface area contributed by atoms with E-state index in [-0.39, 0.29) is 4.90 Å². The van der Waals surface area contributed by atoms with Gasteiger partial charge in [-0.25, -0.2) is 13.1 Å². The fraction of sp³-hybridized carbons (Fsp3) is 0.0526. The summed E-state index contributed by atoms with van der Waals surface area (Å²) < 4.78 is 27.2. The molecule has 5 nitrogen and oxygen atoms in total. The molecule has 1 N–H and O–H groups in total. The molecule has 132 valence electrons. The summed E-state index contributed by atoms with van der Waals surface area (Å²) in [6.45, 7) is 1.87. The number of fused-ring (bicyclic) bond motifs is 1. The van der Waals surface area contributed by atoms with Crippen LogP contribution in [0.15, 0.2) is 65.7 Å². The summed E-state index contributed by atoms with van der Waals surface area (Å²) in [5, 5.41) is 1.27. The third-order valence-corrected chi connectivity index (χ3v) is 5.26. The average molecular weight is 387 g/mol.